The van der Waals surface area contributed by atoms with Crippen molar-refractivity contribution in [1.29, 1.82) is 0 Å². The van der Waals surface area contributed by atoms with Gasteiger partial charge < -0.3 is 19.6 Å². The molecule has 1 fully saturated rings. The average molecular weight is 365 g/mol. The molecule has 4 heterocycles. The number of nitrogens with zero attached hydrogens (tertiary/aromatic N) is 6. The van der Waals surface area contributed by atoms with Crippen LogP contribution in [0.2, 0.25) is 0 Å². The van der Waals surface area contributed by atoms with Crippen molar-refractivity contribution in [3.8, 4) is 0 Å². The van der Waals surface area contributed by atoms with Crippen molar-refractivity contribution < 1.29 is 9.32 Å². The standard InChI is InChI=1S/C18H19N7O2/c1-13-10-15(23-27-13)22-17(26)14-11-20-18(21-12-14)25-8-6-24(7-9-25)16-4-2-3-5-19-16/h2-5,10-12H,6-9H2,1H3,(H,22,23,26). The minimum atomic E-state index is -0.324. The van der Waals surface area contributed by atoms with E-state index in [9.17, 15) is 4.79 Å². The normalized spacial score (nSPS) is 14.3. The number of piperazine rings is 1. The predicted molar refractivity (Wildman–Crippen MR) is 99.9 cm³/mol. The summed E-state index contributed by atoms with van der Waals surface area (Å²) in [4.78, 5) is 29.6. The molecule has 9 nitrogen and oxygen atoms in total. The Bertz CT molecular complexity index is 903. The first kappa shape index (κ1) is 17.0. The van der Waals surface area contributed by atoms with Crippen LogP contribution in [0.15, 0.2) is 47.4 Å². The Morgan fingerprint density at radius 2 is 1.81 bits per heavy atom. The maximum absolute atomic E-state index is 12.2. The van der Waals surface area contributed by atoms with Gasteiger partial charge in [-0.1, -0.05) is 11.2 Å². The first-order valence-corrected chi connectivity index (χ1v) is 8.67. The van der Waals surface area contributed by atoms with Crippen molar-refractivity contribution >= 4 is 23.5 Å². The highest BCUT2D eigenvalue weighted by molar-refractivity contribution is 6.03. The summed E-state index contributed by atoms with van der Waals surface area (Å²) in [5.74, 6) is 2.27. The summed E-state index contributed by atoms with van der Waals surface area (Å²) in [6.07, 6.45) is 4.85. The van der Waals surface area contributed by atoms with E-state index in [1.165, 1.54) is 12.4 Å². The van der Waals surface area contributed by atoms with Crippen molar-refractivity contribution in [3.63, 3.8) is 0 Å². The Balaban J connectivity index is 1.36. The SMILES string of the molecule is Cc1cc(NC(=O)c2cnc(N3CCN(c4ccccn4)CC3)nc2)no1. The summed E-state index contributed by atoms with van der Waals surface area (Å²) in [6, 6.07) is 7.56. The number of aromatic nitrogens is 4. The number of nitrogens with one attached hydrogen (secondary N) is 1. The van der Waals surface area contributed by atoms with E-state index in [1.54, 1.807) is 19.2 Å². The van der Waals surface area contributed by atoms with Gasteiger partial charge in [0.2, 0.25) is 5.95 Å². The van der Waals surface area contributed by atoms with Crippen LogP contribution in [-0.2, 0) is 0 Å². The van der Waals surface area contributed by atoms with Gasteiger partial charge in [-0.05, 0) is 19.1 Å². The van der Waals surface area contributed by atoms with Gasteiger partial charge in [-0.25, -0.2) is 15.0 Å². The van der Waals surface area contributed by atoms with E-state index in [-0.39, 0.29) is 5.91 Å². The Morgan fingerprint density at radius 3 is 2.44 bits per heavy atom. The molecule has 0 bridgehead atoms. The Morgan fingerprint density at radius 1 is 1.07 bits per heavy atom. The van der Waals surface area contributed by atoms with Crippen molar-refractivity contribution in [2.45, 2.75) is 6.92 Å². The fourth-order valence-corrected chi connectivity index (χ4v) is 2.89. The second kappa shape index (κ2) is 7.40. The van der Waals surface area contributed by atoms with Gasteiger partial charge >= 0.3 is 0 Å². The van der Waals surface area contributed by atoms with Gasteiger partial charge in [-0.15, -0.1) is 0 Å². The molecule has 0 unspecified atom stereocenters. The van der Waals surface area contributed by atoms with Gasteiger partial charge in [-0.2, -0.15) is 0 Å². The first-order chi connectivity index (χ1) is 13.2. The van der Waals surface area contributed by atoms with E-state index < -0.39 is 0 Å². The second-order valence-corrected chi connectivity index (χ2v) is 6.21. The van der Waals surface area contributed by atoms with E-state index >= 15 is 0 Å². The van der Waals surface area contributed by atoms with Crippen molar-refractivity contribution in [3.05, 3.63) is 54.2 Å². The molecule has 1 amide bonds. The van der Waals surface area contributed by atoms with Crippen molar-refractivity contribution in [1.82, 2.24) is 20.1 Å². The molecule has 3 aromatic heterocycles. The molecule has 3 aromatic rings. The van der Waals surface area contributed by atoms with Crippen molar-refractivity contribution in [2.75, 3.05) is 41.3 Å². The molecule has 9 heteroatoms. The van der Waals surface area contributed by atoms with Gasteiger partial charge in [0.15, 0.2) is 5.82 Å². The number of carbonyl (C=O) groups is 1. The highest BCUT2D eigenvalue weighted by atomic mass is 16.5. The summed E-state index contributed by atoms with van der Waals surface area (Å²) in [5.41, 5.74) is 0.367. The van der Waals surface area contributed by atoms with Crippen LogP contribution in [0.1, 0.15) is 16.1 Å². The third kappa shape index (κ3) is 3.86. The van der Waals surface area contributed by atoms with Crippen molar-refractivity contribution in [2.24, 2.45) is 0 Å². The van der Waals surface area contributed by atoms with Gasteiger partial charge in [0.05, 0.1) is 5.56 Å². The smallest absolute Gasteiger partial charge is 0.260 e. The van der Waals surface area contributed by atoms with E-state index in [0.29, 0.717) is 23.1 Å². The Labute approximate surface area is 156 Å². The molecular formula is C18H19N7O2. The van der Waals surface area contributed by atoms with E-state index in [4.69, 9.17) is 4.52 Å². The largest absolute Gasteiger partial charge is 0.360 e. The maximum atomic E-state index is 12.2. The van der Waals surface area contributed by atoms with Crippen LogP contribution in [0.3, 0.4) is 0 Å². The number of hydrogen-bond donors (Lipinski definition) is 1. The van der Waals surface area contributed by atoms with E-state index in [2.05, 4.69) is 35.2 Å². The number of rotatable bonds is 4. The monoisotopic (exact) mass is 365 g/mol. The highest BCUT2D eigenvalue weighted by Gasteiger charge is 2.20. The first-order valence-electron chi connectivity index (χ1n) is 8.67. The molecule has 138 valence electrons. The zero-order valence-electron chi connectivity index (χ0n) is 14.9. The molecule has 0 spiro atoms. The van der Waals surface area contributed by atoms with Crippen LogP contribution in [0.4, 0.5) is 17.6 Å². The minimum absolute atomic E-state index is 0.324. The molecule has 1 saturated heterocycles. The van der Waals surface area contributed by atoms with Crippen LogP contribution < -0.4 is 15.1 Å². The van der Waals surface area contributed by atoms with Crippen LogP contribution in [0, 0.1) is 6.92 Å². The van der Waals surface area contributed by atoms with Gasteiger partial charge in [0, 0.05) is 50.8 Å². The van der Waals surface area contributed by atoms with Crippen LogP contribution in [0.5, 0.6) is 0 Å². The molecule has 0 radical (unpaired) electrons. The highest BCUT2D eigenvalue weighted by Crippen LogP contribution is 2.16. The zero-order valence-corrected chi connectivity index (χ0v) is 14.9. The van der Waals surface area contributed by atoms with Crippen LogP contribution in [-0.4, -0.2) is 52.2 Å². The molecule has 0 aliphatic carbocycles. The maximum Gasteiger partial charge on any atom is 0.260 e. The molecule has 0 atom stereocenters. The molecule has 1 N–H and O–H groups in total. The minimum Gasteiger partial charge on any atom is -0.360 e. The summed E-state index contributed by atoms with van der Waals surface area (Å²) >= 11 is 0. The van der Waals surface area contributed by atoms with Gasteiger partial charge in [-0.3, -0.25) is 4.79 Å². The lowest BCUT2D eigenvalue weighted by Crippen LogP contribution is -2.47. The lowest BCUT2D eigenvalue weighted by atomic mass is 10.3. The lowest BCUT2D eigenvalue weighted by Gasteiger charge is -2.35. The van der Waals surface area contributed by atoms with E-state index in [1.807, 2.05) is 18.2 Å². The van der Waals surface area contributed by atoms with Crippen LogP contribution in [0.25, 0.3) is 0 Å². The fraction of sp³-hybridized carbons (Fsp3) is 0.278. The average Bonchev–Trinajstić information content (AvgIpc) is 3.13. The molecule has 27 heavy (non-hydrogen) atoms. The second-order valence-electron chi connectivity index (χ2n) is 6.21. The van der Waals surface area contributed by atoms with E-state index in [0.717, 1.165) is 32.0 Å². The fourth-order valence-electron chi connectivity index (χ4n) is 2.89. The number of aryl methyl sites for hydroxylation is 1. The van der Waals surface area contributed by atoms with Gasteiger partial charge in [0.25, 0.3) is 5.91 Å². The quantitative estimate of drug-likeness (QED) is 0.746. The van der Waals surface area contributed by atoms with Crippen LogP contribution >= 0.6 is 0 Å². The topological polar surface area (TPSA) is 100 Å². The molecule has 1 aliphatic heterocycles. The number of pyridine rings is 1. The number of carbonyl (C=O) groups excluding carboxylic acids is 1. The molecular weight excluding hydrogens is 346 g/mol. The lowest BCUT2D eigenvalue weighted by molar-refractivity contribution is 0.102. The van der Waals surface area contributed by atoms with Gasteiger partial charge in [0.1, 0.15) is 11.6 Å². The zero-order chi connectivity index (χ0) is 18.6. The Kier molecular flexibility index (Phi) is 4.65. The molecule has 0 aromatic carbocycles. The third-order valence-corrected chi connectivity index (χ3v) is 4.31. The summed E-state index contributed by atoms with van der Waals surface area (Å²) in [6.45, 7) is 5.02. The third-order valence-electron chi connectivity index (χ3n) is 4.31. The number of anilines is 3. The predicted octanol–water partition coefficient (Wildman–Crippen LogP) is 1.75. The Hall–Kier alpha value is -3.49. The number of hydrogen-bond acceptors (Lipinski definition) is 8. The molecule has 4 rings (SSSR count). The number of amides is 1. The molecule has 1 aliphatic rings. The summed E-state index contributed by atoms with van der Waals surface area (Å²) < 4.78 is 4.93. The summed E-state index contributed by atoms with van der Waals surface area (Å²) in [5, 5.41) is 6.39. The summed E-state index contributed by atoms with van der Waals surface area (Å²) in [7, 11) is 0. The molecule has 0 saturated carbocycles.